The molecule has 1 aromatic carbocycles. The van der Waals surface area contributed by atoms with Crippen molar-refractivity contribution in [3.05, 3.63) is 42.0 Å². The smallest absolute Gasteiger partial charge is 0.0524 e. The Morgan fingerprint density at radius 2 is 2.07 bits per heavy atom. The molecular formula is C13H19NO. The first kappa shape index (κ1) is 12.0. The summed E-state index contributed by atoms with van der Waals surface area (Å²) in [4.78, 5) is 0. The minimum Gasteiger partial charge on any atom is -0.393 e. The largest absolute Gasteiger partial charge is 0.393 e. The zero-order valence-corrected chi connectivity index (χ0v) is 9.19. The van der Waals surface area contributed by atoms with Gasteiger partial charge in [-0.15, -0.1) is 0 Å². The highest BCUT2D eigenvalue weighted by atomic mass is 16.3. The van der Waals surface area contributed by atoms with E-state index in [4.69, 9.17) is 5.11 Å². The second-order valence-corrected chi connectivity index (χ2v) is 3.65. The van der Waals surface area contributed by atoms with E-state index in [1.54, 1.807) is 0 Å². The van der Waals surface area contributed by atoms with Crippen LogP contribution in [-0.2, 0) is 0 Å². The Kier molecular flexibility index (Phi) is 5.74. The third-order valence-corrected chi connectivity index (χ3v) is 2.11. The Labute approximate surface area is 91.6 Å². The molecule has 0 aliphatic heterocycles. The fraction of sp³-hybridized carbons (Fsp3) is 0.385. The molecule has 1 unspecified atom stereocenters. The van der Waals surface area contributed by atoms with Gasteiger partial charge in [-0.05, 0) is 25.5 Å². The molecule has 1 rings (SSSR count). The van der Waals surface area contributed by atoms with Gasteiger partial charge in [-0.25, -0.2) is 0 Å². The second kappa shape index (κ2) is 7.21. The molecule has 0 amide bonds. The fourth-order valence-corrected chi connectivity index (χ4v) is 1.26. The molecule has 0 radical (unpaired) electrons. The molecule has 2 nitrogen and oxygen atoms in total. The summed E-state index contributed by atoms with van der Waals surface area (Å²) < 4.78 is 0. The quantitative estimate of drug-likeness (QED) is 0.697. The lowest BCUT2D eigenvalue weighted by molar-refractivity contribution is 0.184. The van der Waals surface area contributed by atoms with Crippen LogP contribution < -0.4 is 5.32 Å². The van der Waals surface area contributed by atoms with Gasteiger partial charge in [0, 0.05) is 6.54 Å². The molecule has 0 bridgehead atoms. The standard InChI is InChI=1S/C13H19NO/c1-12(15)9-11-14-10-5-8-13-6-3-2-4-7-13/h2-8,12,14-15H,9-11H2,1H3. The van der Waals surface area contributed by atoms with Crippen LogP contribution in [0.3, 0.4) is 0 Å². The van der Waals surface area contributed by atoms with Crippen LogP contribution in [0.2, 0.25) is 0 Å². The van der Waals surface area contributed by atoms with Gasteiger partial charge in [0.25, 0.3) is 0 Å². The maximum absolute atomic E-state index is 9.03. The lowest BCUT2D eigenvalue weighted by atomic mass is 10.2. The van der Waals surface area contributed by atoms with Crippen molar-refractivity contribution in [1.29, 1.82) is 0 Å². The summed E-state index contributed by atoms with van der Waals surface area (Å²) in [5.41, 5.74) is 1.22. The van der Waals surface area contributed by atoms with E-state index in [0.717, 1.165) is 19.5 Å². The first-order valence-corrected chi connectivity index (χ1v) is 5.39. The Morgan fingerprint density at radius 3 is 2.73 bits per heavy atom. The molecule has 0 saturated carbocycles. The summed E-state index contributed by atoms with van der Waals surface area (Å²) in [7, 11) is 0. The van der Waals surface area contributed by atoms with Gasteiger partial charge in [0.2, 0.25) is 0 Å². The molecule has 82 valence electrons. The van der Waals surface area contributed by atoms with E-state index in [2.05, 4.69) is 29.6 Å². The average molecular weight is 205 g/mol. The molecule has 0 aliphatic carbocycles. The number of aliphatic hydroxyl groups is 1. The third kappa shape index (κ3) is 6.05. The van der Waals surface area contributed by atoms with Gasteiger partial charge in [0.15, 0.2) is 0 Å². The van der Waals surface area contributed by atoms with E-state index in [-0.39, 0.29) is 6.10 Å². The number of rotatable bonds is 6. The minimum absolute atomic E-state index is 0.212. The van der Waals surface area contributed by atoms with Crippen molar-refractivity contribution in [2.45, 2.75) is 19.4 Å². The van der Waals surface area contributed by atoms with Crippen LogP contribution in [-0.4, -0.2) is 24.3 Å². The highest BCUT2D eigenvalue weighted by Crippen LogP contribution is 1.99. The lowest BCUT2D eigenvalue weighted by Crippen LogP contribution is -2.18. The molecule has 0 heterocycles. The summed E-state index contributed by atoms with van der Waals surface area (Å²) in [6.45, 7) is 3.51. The predicted molar refractivity (Wildman–Crippen MR) is 64.6 cm³/mol. The number of hydrogen-bond donors (Lipinski definition) is 2. The highest BCUT2D eigenvalue weighted by Gasteiger charge is 1.92. The van der Waals surface area contributed by atoms with Gasteiger partial charge in [-0.2, -0.15) is 0 Å². The number of nitrogens with one attached hydrogen (secondary N) is 1. The molecule has 2 heteroatoms. The Bertz CT molecular complexity index is 280. The third-order valence-electron chi connectivity index (χ3n) is 2.11. The molecule has 1 atom stereocenters. The molecule has 0 spiro atoms. The van der Waals surface area contributed by atoms with Crippen LogP contribution in [0.25, 0.3) is 6.08 Å². The van der Waals surface area contributed by atoms with Crippen LogP contribution in [0.1, 0.15) is 18.9 Å². The molecule has 0 aliphatic rings. The maximum Gasteiger partial charge on any atom is 0.0524 e. The predicted octanol–water partition coefficient (Wildman–Crippen LogP) is 2.06. The lowest BCUT2D eigenvalue weighted by Gasteiger charge is -2.03. The van der Waals surface area contributed by atoms with Crippen molar-refractivity contribution in [3.8, 4) is 0 Å². The van der Waals surface area contributed by atoms with Crippen molar-refractivity contribution in [2.75, 3.05) is 13.1 Å². The van der Waals surface area contributed by atoms with Gasteiger partial charge in [0.1, 0.15) is 0 Å². The summed E-state index contributed by atoms with van der Waals surface area (Å²) in [6, 6.07) is 10.2. The van der Waals surface area contributed by atoms with Crippen molar-refractivity contribution in [3.63, 3.8) is 0 Å². The summed E-state index contributed by atoms with van der Waals surface area (Å²) in [5.74, 6) is 0. The topological polar surface area (TPSA) is 32.3 Å². The normalized spacial score (nSPS) is 13.2. The molecule has 2 N–H and O–H groups in total. The summed E-state index contributed by atoms with van der Waals surface area (Å²) >= 11 is 0. The van der Waals surface area contributed by atoms with Gasteiger partial charge >= 0.3 is 0 Å². The summed E-state index contributed by atoms with van der Waals surface area (Å²) in [6.07, 6.45) is 4.78. The zero-order chi connectivity index (χ0) is 10.9. The van der Waals surface area contributed by atoms with Gasteiger partial charge in [-0.3, -0.25) is 0 Å². The first-order valence-electron chi connectivity index (χ1n) is 5.39. The van der Waals surface area contributed by atoms with Crippen molar-refractivity contribution < 1.29 is 5.11 Å². The van der Waals surface area contributed by atoms with E-state index in [0.29, 0.717) is 0 Å². The van der Waals surface area contributed by atoms with Crippen molar-refractivity contribution in [2.24, 2.45) is 0 Å². The van der Waals surface area contributed by atoms with Gasteiger partial charge in [0.05, 0.1) is 6.10 Å². The molecule has 15 heavy (non-hydrogen) atoms. The maximum atomic E-state index is 9.03. The number of hydrogen-bond acceptors (Lipinski definition) is 2. The average Bonchev–Trinajstić information content (AvgIpc) is 2.24. The van der Waals surface area contributed by atoms with Gasteiger partial charge < -0.3 is 10.4 Å². The SMILES string of the molecule is CC(O)CCNCC=Cc1ccccc1. The van der Waals surface area contributed by atoms with Crippen LogP contribution in [0.15, 0.2) is 36.4 Å². The zero-order valence-electron chi connectivity index (χ0n) is 9.19. The van der Waals surface area contributed by atoms with Crippen LogP contribution in [0, 0.1) is 0 Å². The summed E-state index contributed by atoms with van der Waals surface area (Å²) in [5, 5.41) is 12.3. The Balaban J connectivity index is 2.12. The van der Waals surface area contributed by atoms with E-state index >= 15 is 0 Å². The second-order valence-electron chi connectivity index (χ2n) is 3.65. The monoisotopic (exact) mass is 205 g/mol. The highest BCUT2D eigenvalue weighted by molar-refractivity contribution is 5.48. The number of aliphatic hydroxyl groups excluding tert-OH is 1. The van der Waals surface area contributed by atoms with Crippen LogP contribution >= 0.6 is 0 Å². The van der Waals surface area contributed by atoms with E-state index in [1.165, 1.54) is 5.56 Å². The first-order chi connectivity index (χ1) is 7.29. The van der Waals surface area contributed by atoms with Gasteiger partial charge in [-0.1, -0.05) is 42.5 Å². The Hall–Kier alpha value is -1.12. The van der Waals surface area contributed by atoms with Crippen LogP contribution in [0.4, 0.5) is 0 Å². The van der Waals surface area contributed by atoms with Crippen LogP contribution in [0.5, 0.6) is 0 Å². The molecule has 0 aromatic heterocycles. The van der Waals surface area contributed by atoms with E-state index in [1.807, 2.05) is 25.1 Å². The fourth-order valence-electron chi connectivity index (χ4n) is 1.26. The molecule has 1 aromatic rings. The van der Waals surface area contributed by atoms with Crippen molar-refractivity contribution in [1.82, 2.24) is 5.32 Å². The van der Waals surface area contributed by atoms with Crippen molar-refractivity contribution >= 4 is 6.08 Å². The molecule has 0 saturated heterocycles. The van der Waals surface area contributed by atoms with E-state index < -0.39 is 0 Å². The minimum atomic E-state index is -0.212. The molecular weight excluding hydrogens is 186 g/mol. The number of benzene rings is 1. The Morgan fingerprint density at radius 1 is 1.33 bits per heavy atom. The molecule has 0 fully saturated rings. The van der Waals surface area contributed by atoms with E-state index in [9.17, 15) is 0 Å².